The molecular weight excluding hydrogens is 296 g/mol. The average Bonchev–Trinajstić information content (AvgIpc) is 3.33. The summed E-state index contributed by atoms with van der Waals surface area (Å²) in [6.07, 6.45) is 12.5. The lowest BCUT2D eigenvalue weighted by molar-refractivity contribution is -0.176. The smallest absolute Gasteiger partial charge is 0.309 e. The van der Waals surface area contributed by atoms with Gasteiger partial charge in [-0.2, -0.15) is 0 Å². The molecule has 0 spiro atoms. The molecule has 0 amide bonds. The summed E-state index contributed by atoms with van der Waals surface area (Å²) >= 11 is 0. The number of carbonyl (C=O) groups excluding carboxylic acids is 1. The Morgan fingerprint density at radius 3 is 2.54 bits per heavy atom. The minimum Gasteiger partial charge on any atom is -0.459 e. The van der Waals surface area contributed by atoms with Crippen LogP contribution in [0.1, 0.15) is 85.0 Å². The van der Waals surface area contributed by atoms with E-state index in [1.54, 1.807) is 0 Å². The molecule has 0 heterocycles. The molecule has 8 atom stereocenters. The predicted octanol–water partition coefficient (Wildman–Crippen LogP) is 5.60. The predicted molar refractivity (Wildman–Crippen MR) is 96.4 cm³/mol. The van der Waals surface area contributed by atoms with E-state index in [1.807, 2.05) is 0 Å². The van der Waals surface area contributed by atoms with Crippen LogP contribution in [0.15, 0.2) is 0 Å². The molecule has 0 aromatic heterocycles. The van der Waals surface area contributed by atoms with Crippen LogP contribution in [-0.2, 0) is 9.53 Å². The molecule has 2 nitrogen and oxygen atoms in total. The number of carbonyl (C=O) groups is 1. The number of rotatable bonds is 5. The normalized spacial score (nSPS) is 49.5. The quantitative estimate of drug-likeness (QED) is 0.613. The first kappa shape index (κ1) is 16.9. The molecule has 0 radical (unpaired) electrons. The second kappa shape index (κ2) is 6.32. The van der Waals surface area contributed by atoms with Gasteiger partial charge in [-0.25, -0.2) is 0 Å². The molecule has 8 unspecified atom stereocenters. The van der Waals surface area contributed by atoms with Crippen LogP contribution in [0.2, 0.25) is 0 Å². The Balaban J connectivity index is 1.48. The third-order valence-electron chi connectivity index (χ3n) is 8.69. The van der Waals surface area contributed by atoms with Crippen molar-refractivity contribution in [3.05, 3.63) is 0 Å². The summed E-state index contributed by atoms with van der Waals surface area (Å²) in [5, 5.41) is 0. The number of hydrogen-bond acceptors (Lipinski definition) is 2. The third kappa shape index (κ3) is 2.46. The summed E-state index contributed by atoms with van der Waals surface area (Å²) in [5.41, 5.74) is -0.101. The molecule has 0 N–H and O–H groups in total. The fraction of sp³-hybridized carbons (Fsp3) is 0.955. The van der Waals surface area contributed by atoms with Gasteiger partial charge in [0.1, 0.15) is 5.60 Å². The molecule has 0 aliphatic heterocycles. The van der Waals surface area contributed by atoms with E-state index >= 15 is 0 Å². The molecule has 4 aliphatic rings. The first-order valence-electron chi connectivity index (χ1n) is 10.8. The van der Waals surface area contributed by atoms with Gasteiger partial charge in [-0.1, -0.05) is 40.0 Å². The van der Waals surface area contributed by atoms with E-state index in [0.29, 0.717) is 11.8 Å². The van der Waals surface area contributed by atoms with Crippen molar-refractivity contribution in [2.45, 2.75) is 90.6 Å². The van der Waals surface area contributed by atoms with E-state index in [2.05, 4.69) is 20.8 Å². The molecule has 0 saturated heterocycles. The van der Waals surface area contributed by atoms with E-state index in [1.165, 1.54) is 44.9 Å². The molecule has 0 aromatic rings. The van der Waals surface area contributed by atoms with Crippen LogP contribution in [0.3, 0.4) is 0 Å². The second-order valence-electron chi connectivity index (χ2n) is 9.42. The highest BCUT2D eigenvalue weighted by Crippen LogP contribution is 2.64. The molecule has 4 fully saturated rings. The lowest BCUT2D eigenvalue weighted by Crippen LogP contribution is -2.46. The lowest BCUT2D eigenvalue weighted by atomic mass is 9.71. The molecule has 2 heteroatoms. The summed E-state index contributed by atoms with van der Waals surface area (Å²) < 4.78 is 6.46. The standard InChI is InChI=1S/C22H36O2/c1-4-14-10-15(5-2)19(11-14)21(23)24-22(6-3)13-16-12-20(22)18-9-7-8-17(16)18/h14-20H,4-13H2,1-3H3. The first-order chi connectivity index (χ1) is 11.6. The highest BCUT2D eigenvalue weighted by atomic mass is 16.6. The topological polar surface area (TPSA) is 26.3 Å². The zero-order valence-corrected chi connectivity index (χ0v) is 15.9. The van der Waals surface area contributed by atoms with Crippen LogP contribution >= 0.6 is 0 Å². The fourth-order valence-corrected chi connectivity index (χ4v) is 7.40. The zero-order valence-electron chi connectivity index (χ0n) is 15.9. The largest absolute Gasteiger partial charge is 0.459 e. The van der Waals surface area contributed by atoms with Crippen LogP contribution < -0.4 is 0 Å². The Morgan fingerprint density at radius 1 is 1.04 bits per heavy atom. The number of hydrogen-bond donors (Lipinski definition) is 0. The summed E-state index contributed by atoms with van der Waals surface area (Å²) in [4.78, 5) is 13.1. The number of fused-ring (bicyclic) bond motifs is 5. The maximum absolute atomic E-state index is 13.1. The van der Waals surface area contributed by atoms with Crippen molar-refractivity contribution in [3.63, 3.8) is 0 Å². The van der Waals surface area contributed by atoms with Crippen LogP contribution in [0.25, 0.3) is 0 Å². The van der Waals surface area contributed by atoms with E-state index in [9.17, 15) is 4.79 Å². The van der Waals surface area contributed by atoms with E-state index in [4.69, 9.17) is 4.74 Å². The molecule has 4 saturated carbocycles. The van der Waals surface area contributed by atoms with Crippen molar-refractivity contribution in [1.82, 2.24) is 0 Å². The zero-order chi connectivity index (χ0) is 16.9. The van der Waals surface area contributed by atoms with Gasteiger partial charge in [0.05, 0.1) is 5.92 Å². The van der Waals surface area contributed by atoms with Gasteiger partial charge in [-0.15, -0.1) is 0 Å². The minimum absolute atomic E-state index is 0.101. The average molecular weight is 333 g/mol. The van der Waals surface area contributed by atoms with Gasteiger partial charge in [0.2, 0.25) is 0 Å². The van der Waals surface area contributed by atoms with Crippen LogP contribution in [0, 0.1) is 41.4 Å². The lowest BCUT2D eigenvalue weighted by Gasteiger charge is -2.42. The monoisotopic (exact) mass is 332 g/mol. The summed E-state index contributed by atoms with van der Waals surface area (Å²) in [5.74, 6) is 5.01. The van der Waals surface area contributed by atoms with E-state index in [-0.39, 0.29) is 17.5 Å². The highest BCUT2D eigenvalue weighted by Gasteiger charge is 2.62. The van der Waals surface area contributed by atoms with Gasteiger partial charge in [0.25, 0.3) is 0 Å². The van der Waals surface area contributed by atoms with Gasteiger partial charge in [-0.05, 0) is 74.5 Å². The Morgan fingerprint density at radius 2 is 1.83 bits per heavy atom. The second-order valence-corrected chi connectivity index (χ2v) is 9.42. The molecule has 2 bridgehead atoms. The number of esters is 1. The molecule has 4 rings (SSSR count). The van der Waals surface area contributed by atoms with Gasteiger partial charge >= 0.3 is 5.97 Å². The fourth-order valence-electron chi connectivity index (χ4n) is 7.40. The molecule has 24 heavy (non-hydrogen) atoms. The molecular formula is C22H36O2. The van der Waals surface area contributed by atoms with Crippen LogP contribution in [0.4, 0.5) is 0 Å². The van der Waals surface area contributed by atoms with Crippen molar-refractivity contribution in [3.8, 4) is 0 Å². The van der Waals surface area contributed by atoms with Crippen molar-refractivity contribution in [2.24, 2.45) is 41.4 Å². The number of ether oxygens (including phenoxy) is 1. The van der Waals surface area contributed by atoms with E-state index in [0.717, 1.165) is 42.9 Å². The molecule has 0 aromatic carbocycles. The van der Waals surface area contributed by atoms with Crippen LogP contribution in [0.5, 0.6) is 0 Å². The SMILES string of the molecule is CCC1CC(CC)C(C(=O)OC2(CC)CC3CC2C2CCCC32)C1. The summed E-state index contributed by atoms with van der Waals surface area (Å²) in [6, 6.07) is 0. The van der Waals surface area contributed by atoms with Gasteiger partial charge in [0.15, 0.2) is 0 Å². The van der Waals surface area contributed by atoms with Gasteiger partial charge < -0.3 is 4.74 Å². The Labute approximate surface area is 148 Å². The Bertz CT molecular complexity index is 486. The van der Waals surface area contributed by atoms with Crippen molar-refractivity contribution >= 4 is 5.97 Å². The maximum atomic E-state index is 13.1. The van der Waals surface area contributed by atoms with E-state index < -0.39 is 0 Å². The molecule has 4 aliphatic carbocycles. The van der Waals surface area contributed by atoms with Crippen molar-refractivity contribution in [1.29, 1.82) is 0 Å². The third-order valence-corrected chi connectivity index (χ3v) is 8.69. The minimum atomic E-state index is -0.101. The van der Waals surface area contributed by atoms with Crippen molar-refractivity contribution < 1.29 is 9.53 Å². The Kier molecular flexibility index (Phi) is 4.46. The summed E-state index contributed by atoms with van der Waals surface area (Å²) in [6.45, 7) is 6.78. The van der Waals surface area contributed by atoms with Crippen LogP contribution in [-0.4, -0.2) is 11.6 Å². The Hall–Kier alpha value is -0.530. The van der Waals surface area contributed by atoms with Gasteiger partial charge in [0, 0.05) is 5.92 Å². The summed E-state index contributed by atoms with van der Waals surface area (Å²) in [7, 11) is 0. The first-order valence-corrected chi connectivity index (χ1v) is 10.8. The highest BCUT2D eigenvalue weighted by molar-refractivity contribution is 5.74. The molecule has 136 valence electrons. The van der Waals surface area contributed by atoms with Crippen molar-refractivity contribution in [2.75, 3.05) is 0 Å². The van der Waals surface area contributed by atoms with Gasteiger partial charge in [-0.3, -0.25) is 4.79 Å². The maximum Gasteiger partial charge on any atom is 0.309 e.